The van der Waals surface area contributed by atoms with Crippen molar-refractivity contribution >= 4 is 22.2 Å². The van der Waals surface area contributed by atoms with Crippen LogP contribution in [0.4, 0.5) is 0 Å². The fraction of sp³-hybridized carbons (Fsp3) is 0.294. The van der Waals surface area contributed by atoms with E-state index >= 15 is 0 Å². The quantitative estimate of drug-likeness (QED) is 0.654. The fourth-order valence-corrected chi connectivity index (χ4v) is 4.63. The Labute approximate surface area is 161 Å². The highest BCUT2D eigenvalue weighted by atomic mass is 32.2. The van der Waals surface area contributed by atoms with Gasteiger partial charge in [-0.15, -0.1) is 0 Å². The van der Waals surface area contributed by atoms with E-state index in [9.17, 15) is 8.42 Å². The molecule has 1 aliphatic heterocycles. The van der Waals surface area contributed by atoms with E-state index in [0.29, 0.717) is 49.0 Å². The molecular weight excluding hydrogens is 388 g/mol. The number of rotatable bonds is 5. The molecule has 0 spiro atoms. The van der Waals surface area contributed by atoms with Gasteiger partial charge < -0.3 is 9.15 Å². The third-order valence-electron chi connectivity index (χ3n) is 4.35. The lowest BCUT2D eigenvalue weighted by molar-refractivity contribution is 0.0730. The third-order valence-corrected chi connectivity index (χ3v) is 6.56. The van der Waals surface area contributed by atoms with Crippen LogP contribution in [0.15, 0.2) is 52.0 Å². The summed E-state index contributed by atoms with van der Waals surface area (Å²) in [5.41, 5.74) is 0.656. The molecule has 142 valence electrons. The van der Waals surface area contributed by atoms with E-state index in [1.54, 1.807) is 35.1 Å². The van der Waals surface area contributed by atoms with Crippen LogP contribution in [0, 0.1) is 4.77 Å². The number of H-pyrrole nitrogens is 1. The summed E-state index contributed by atoms with van der Waals surface area (Å²) in [4.78, 5) is 0.223. The molecule has 4 rings (SSSR count). The van der Waals surface area contributed by atoms with Crippen LogP contribution in [0.25, 0.3) is 11.4 Å². The van der Waals surface area contributed by atoms with Gasteiger partial charge in [0.15, 0.2) is 10.6 Å². The maximum absolute atomic E-state index is 12.9. The molecule has 3 aromatic rings. The van der Waals surface area contributed by atoms with E-state index in [4.69, 9.17) is 21.4 Å². The van der Waals surface area contributed by atoms with E-state index in [1.807, 2.05) is 12.1 Å². The average molecular weight is 406 g/mol. The van der Waals surface area contributed by atoms with E-state index in [0.717, 1.165) is 5.76 Å². The SMILES string of the molecule is O=S(=O)(c1cccc(-c2n[nH]c(=S)n2Cc2ccco2)c1)N1CCOCC1. The number of nitrogens with one attached hydrogen (secondary N) is 1. The average Bonchev–Trinajstić information content (AvgIpc) is 3.33. The lowest BCUT2D eigenvalue weighted by atomic mass is 10.2. The van der Waals surface area contributed by atoms with Gasteiger partial charge in [0.1, 0.15) is 5.76 Å². The summed E-state index contributed by atoms with van der Waals surface area (Å²) in [6, 6.07) is 10.4. The molecule has 0 aliphatic carbocycles. The standard InChI is InChI=1S/C17H18N4O4S2/c22-27(23,20-6-9-24-10-7-20)15-5-1-3-13(11-15)16-18-19-17(26)21(16)12-14-4-2-8-25-14/h1-5,8,11H,6-7,9-10,12H2,(H,19,26). The zero-order chi connectivity index (χ0) is 18.9. The maximum atomic E-state index is 12.9. The number of aromatic nitrogens is 3. The molecule has 0 amide bonds. The van der Waals surface area contributed by atoms with E-state index < -0.39 is 10.0 Å². The number of sulfonamides is 1. The van der Waals surface area contributed by atoms with Gasteiger partial charge in [-0.2, -0.15) is 9.40 Å². The van der Waals surface area contributed by atoms with Crippen LogP contribution < -0.4 is 0 Å². The molecule has 0 saturated carbocycles. The van der Waals surface area contributed by atoms with Gasteiger partial charge >= 0.3 is 0 Å². The van der Waals surface area contributed by atoms with Crippen molar-refractivity contribution in [1.82, 2.24) is 19.1 Å². The first kappa shape index (κ1) is 18.1. The van der Waals surface area contributed by atoms with Crippen molar-refractivity contribution in [2.24, 2.45) is 0 Å². The van der Waals surface area contributed by atoms with Crippen molar-refractivity contribution in [3.63, 3.8) is 0 Å². The highest BCUT2D eigenvalue weighted by Crippen LogP contribution is 2.24. The molecule has 1 fully saturated rings. The molecule has 3 heterocycles. The van der Waals surface area contributed by atoms with Crippen LogP contribution in [0.1, 0.15) is 5.76 Å². The summed E-state index contributed by atoms with van der Waals surface area (Å²) in [5.74, 6) is 1.28. The normalized spacial score (nSPS) is 15.9. The predicted octanol–water partition coefficient (Wildman–Crippen LogP) is 2.27. The minimum Gasteiger partial charge on any atom is -0.467 e. The Morgan fingerprint density at radius 3 is 2.74 bits per heavy atom. The van der Waals surface area contributed by atoms with Crippen LogP contribution in [0.2, 0.25) is 0 Å². The largest absolute Gasteiger partial charge is 0.467 e. The molecule has 1 saturated heterocycles. The molecule has 2 aromatic heterocycles. The zero-order valence-corrected chi connectivity index (χ0v) is 16.0. The second-order valence-electron chi connectivity index (χ2n) is 6.06. The zero-order valence-electron chi connectivity index (χ0n) is 14.4. The summed E-state index contributed by atoms with van der Waals surface area (Å²) in [5, 5.41) is 7.05. The molecule has 0 unspecified atom stereocenters. The molecule has 1 aliphatic rings. The third kappa shape index (κ3) is 3.61. The molecule has 0 bridgehead atoms. The van der Waals surface area contributed by atoms with E-state index in [-0.39, 0.29) is 4.90 Å². The van der Waals surface area contributed by atoms with Crippen LogP contribution in [-0.2, 0) is 21.3 Å². The Balaban J connectivity index is 1.70. The van der Waals surface area contributed by atoms with E-state index in [2.05, 4.69) is 10.2 Å². The number of nitrogens with zero attached hydrogens (tertiary/aromatic N) is 3. The van der Waals surface area contributed by atoms with Crippen LogP contribution in [0.3, 0.4) is 0 Å². The van der Waals surface area contributed by atoms with Crippen molar-refractivity contribution in [2.75, 3.05) is 26.3 Å². The molecule has 0 atom stereocenters. The number of ether oxygens (including phenoxy) is 1. The van der Waals surface area contributed by atoms with Crippen LogP contribution >= 0.6 is 12.2 Å². The van der Waals surface area contributed by atoms with Gasteiger partial charge in [-0.05, 0) is 36.5 Å². The van der Waals surface area contributed by atoms with Crippen molar-refractivity contribution in [1.29, 1.82) is 0 Å². The monoisotopic (exact) mass is 406 g/mol. The van der Waals surface area contributed by atoms with Crippen molar-refractivity contribution in [3.05, 3.63) is 53.2 Å². The number of benzene rings is 1. The van der Waals surface area contributed by atoms with Crippen molar-refractivity contribution in [2.45, 2.75) is 11.4 Å². The first-order valence-electron chi connectivity index (χ1n) is 8.41. The number of aromatic amines is 1. The van der Waals surface area contributed by atoms with Gasteiger partial charge in [0.25, 0.3) is 0 Å². The Bertz CT molecular complexity index is 1080. The maximum Gasteiger partial charge on any atom is 0.243 e. The van der Waals surface area contributed by atoms with E-state index in [1.165, 1.54) is 4.31 Å². The molecule has 8 nitrogen and oxygen atoms in total. The number of hydrogen-bond donors (Lipinski definition) is 1. The van der Waals surface area contributed by atoms with Gasteiger partial charge in [0.05, 0.1) is 30.9 Å². The van der Waals surface area contributed by atoms with Gasteiger partial charge in [0, 0.05) is 18.7 Å². The summed E-state index contributed by atoms with van der Waals surface area (Å²) in [6.07, 6.45) is 1.59. The van der Waals surface area contributed by atoms with Crippen molar-refractivity contribution in [3.8, 4) is 11.4 Å². The van der Waals surface area contributed by atoms with Gasteiger partial charge in [0.2, 0.25) is 10.0 Å². The lowest BCUT2D eigenvalue weighted by Crippen LogP contribution is -2.40. The van der Waals surface area contributed by atoms with Gasteiger partial charge in [-0.25, -0.2) is 8.42 Å². The molecular formula is C17H18N4O4S2. The summed E-state index contributed by atoms with van der Waals surface area (Å²) >= 11 is 5.32. The topological polar surface area (TPSA) is 93.4 Å². The fourth-order valence-electron chi connectivity index (χ4n) is 2.97. The highest BCUT2D eigenvalue weighted by molar-refractivity contribution is 7.89. The minimum absolute atomic E-state index is 0.223. The van der Waals surface area contributed by atoms with Crippen LogP contribution in [-0.4, -0.2) is 53.8 Å². The molecule has 10 heteroatoms. The number of furan rings is 1. The van der Waals surface area contributed by atoms with Crippen LogP contribution in [0.5, 0.6) is 0 Å². The Kier molecular flexibility index (Phi) is 4.96. The predicted molar refractivity (Wildman–Crippen MR) is 100 cm³/mol. The second-order valence-corrected chi connectivity index (χ2v) is 8.39. The number of morpholine rings is 1. The van der Waals surface area contributed by atoms with Gasteiger partial charge in [-0.1, -0.05) is 12.1 Å². The highest BCUT2D eigenvalue weighted by Gasteiger charge is 2.26. The molecule has 1 aromatic carbocycles. The lowest BCUT2D eigenvalue weighted by Gasteiger charge is -2.26. The summed E-state index contributed by atoms with van der Waals surface area (Å²) in [6.45, 7) is 1.91. The summed E-state index contributed by atoms with van der Waals surface area (Å²) in [7, 11) is -3.59. The first-order valence-corrected chi connectivity index (χ1v) is 10.3. The number of hydrogen-bond acceptors (Lipinski definition) is 6. The Morgan fingerprint density at radius 1 is 1.19 bits per heavy atom. The smallest absolute Gasteiger partial charge is 0.243 e. The first-order chi connectivity index (χ1) is 13.1. The Hall–Kier alpha value is -2.27. The molecule has 0 radical (unpaired) electrons. The summed E-state index contributed by atoms with van der Waals surface area (Å²) < 4.78 is 40.1. The molecule has 27 heavy (non-hydrogen) atoms. The molecule has 1 N–H and O–H groups in total. The minimum atomic E-state index is -3.59. The van der Waals surface area contributed by atoms with Gasteiger partial charge in [-0.3, -0.25) is 9.67 Å². The Morgan fingerprint density at radius 2 is 2.00 bits per heavy atom. The van der Waals surface area contributed by atoms with Crippen molar-refractivity contribution < 1.29 is 17.6 Å². The second kappa shape index (κ2) is 7.39.